The monoisotopic (exact) mass is 1030 g/mol. The summed E-state index contributed by atoms with van der Waals surface area (Å²) in [5.74, 6) is 0.281. The smallest absolute Gasteiger partial charge is 0.135 e. The second-order valence-corrected chi connectivity index (χ2v) is 18.0. The second kappa shape index (κ2) is 16.4. The van der Waals surface area contributed by atoms with Crippen LogP contribution in [0.2, 0.25) is 0 Å². The van der Waals surface area contributed by atoms with E-state index in [1.54, 1.807) is 30.7 Å². The summed E-state index contributed by atoms with van der Waals surface area (Å²) in [5.41, 5.74) is -1.52. The molecule has 5 heteroatoms. The van der Waals surface area contributed by atoms with Gasteiger partial charge in [0.05, 0.1) is 24.7 Å². The van der Waals surface area contributed by atoms with Crippen molar-refractivity contribution in [2.75, 3.05) is 9.80 Å². The normalized spacial score (nSPS) is 17.4. The first-order chi connectivity index (χ1) is 38.6. The van der Waals surface area contributed by atoms with Crippen LogP contribution in [0.5, 0.6) is 0 Å². The van der Waals surface area contributed by atoms with Crippen molar-refractivity contribution in [3.63, 3.8) is 0 Å². The topological polar surface area (TPSA) is 24.3 Å². The third-order valence-electron chi connectivity index (χ3n) is 11.5. The van der Waals surface area contributed by atoms with Crippen LogP contribution in [-0.2, 0) is 37.3 Å². The van der Waals surface area contributed by atoms with Crippen LogP contribution in [0.4, 0.5) is 22.7 Å². The molecule has 1 aliphatic heterocycles. The first-order valence-electron chi connectivity index (χ1n) is 30.4. The van der Waals surface area contributed by atoms with Gasteiger partial charge < -0.3 is 14.4 Å². The Labute approximate surface area is 421 Å². The van der Waals surface area contributed by atoms with Crippen molar-refractivity contribution in [1.82, 2.24) is 9.55 Å². The van der Waals surface area contributed by atoms with Crippen molar-refractivity contribution in [3.8, 4) is 28.1 Å². The van der Waals surface area contributed by atoms with E-state index in [0.717, 1.165) is 5.56 Å². The van der Waals surface area contributed by atoms with Crippen molar-refractivity contribution < 1.29 is 48.5 Å². The first kappa shape index (κ1) is 25.3. The number of hydrogen-bond acceptors (Lipinski definition) is 3. The summed E-state index contributed by atoms with van der Waals surface area (Å²) in [4.78, 5) is 7.43. The molecule has 0 aliphatic carbocycles. The molecule has 0 amide bonds. The number of para-hydroxylation sites is 4. The predicted octanol–water partition coefficient (Wildman–Crippen LogP) is 15.4. The fraction of sp³-hybridized carbons (Fsp3) is 0.186. The Bertz CT molecular complexity index is 4190. The number of nitrogens with zero attached hydrogens (tertiary/aromatic N) is 4. The van der Waals surface area contributed by atoms with Gasteiger partial charge in [0.15, 0.2) is 0 Å². The summed E-state index contributed by atoms with van der Waals surface area (Å²) >= 11 is 0. The quantitative estimate of drug-likeness (QED) is 0.149. The molecule has 9 aromatic rings. The van der Waals surface area contributed by atoms with Gasteiger partial charge >= 0.3 is 0 Å². The summed E-state index contributed by atoms with van der Waals surface area (Å²) in [5, 5.41) is 0.0638. The van der Waals surface area contributed by atoms with Gasteiger partial charge in [0.25, 0.3) is 0 Å². The van der Waals surface area contributed by atoms with Crippen molar-refractivity contribution in [3.05, 3.63) is 211 Å². The molecule has 0 fully saturated rings. The Morgan fingerprint density at radius 3 is 1.80 bits per heavy atom. The van der Waals surface area contributed by atoms with Gasteiger partial charge in [0.2, 0.25) is 0 Å². The van der Waals surface area contributed by atoms with E-state index in [2.05, 4.69) is 12.1 Å². The molecule has 2 aromatic heterocycles. The van der Waals surface area contributed by atoms with Crippen molar-refractivity contribution in [1.29, 1.82) is 0 Å². The maximum absolute atomic E-state index is 9.76. The molecule has 0 bridgehead atoms. The van der Waals surface area contributed by atoms with E-state index in [0.29, 0.717) is 11.1 Å². The molecule has 0 unspecified atom stereocenters. The fourth-order valence-electron chi connectivity index (χ4n) is 7.86. The van der Waals surface area contributed by atoms with E-state index < -0.39 is 114 Å². The zero-order valence-corrected chi connectivity index (χ0v) is 38.6. The number of fused-ring (bicyclic) bond motifs is 4. The van der Waals surface area contributed by atoms with Crippen LogP contribution in [0.15, 0.2) is 170 Å². The molecule has 7 aromatic carbocycles. The van der Waals surface area contributed by atoms with Crippen LogP contribution in [0.3, 0.4) is 0 Å². The fourth-order valence-corrected chi connectivity index (χ4v) is 7.86. The molecule has 4 nitrogen and oxygen atoms in total. The Morgan fingerprint density at radius 1 is 0.562 bits per heavy atom. The van der Waals surface area contributed by atoms with E-state index in [4.69, 9.17) is 25.5 Å². The SMILES string of the molecule is [2H]c1c([2H])c([2H])c(-c2cccc(-c3c([2H])c([2H])c([2H])c([2H])c3[2H])c2N2[CH-]N(c3[c-]c(C(C)(C)c4[c-]c5c(c([2H])c4[2H])c4c([2H])c([2H])c([2H])c([2H])c4n5-c4cc(C(C)(C)C)ccn4)cc(C(C)(C)C)c3)c3c([2H])c([2H])c([2H])c([2H])c32)c([2H])c1[2H].[Pt]. The average molecular weight is 1030 g/mol. The molecule has 0 N–H and O–H groups in total. The van der Waals surface area contributed by atoms with Crippen molar-refractivity contribution in [2.45, 2.75) is 71.6 Å². The molecule has 0 saturated heterocycles. The van der Waals surface area contributed by atoms with Gasteiger partial charge in [-0.2, -0.15) is 47.0 Å². The van der Waals surface area contributed by atoms with Crippen molar-refractivity contribution >= 4 is 44.6 Å². The largest absolute Gasteiger partial charge is 0.493 e. The number of aromatic nitrogens is 2. The molecule has 0 spiro atoms. The number of pyridine rings is 1. The molecule has 10 rings (SSSR count). The molecule has 64 heavy (non-hydrogen) atoms. The van der Waals surface area contributed by atoms with E-state index in [1.165, 1.54) is 34.7 Å². The van der Waals surface area contributed by atoms with Crippen LogP contribution >= 0.6 is 0 Å². The van der Waals surface area contributed by atoms with Gasteiger partial charge in [-0.3, -0.25) is 0 Å². The van der Waals surface area contributed by atoms with Crippen LogP contribution < -0.4 is 9.80 Å². The molecular weight excluding hydrogens is 960 g/mol. The standard InChI is InChI=1S/C59H53N4.Pt/c1-57(2,3)42-32-33-60-55(38-42)63-51-27-16-15-24-49(51)50-31-30-43(37-54(50)63)59(7,8)45-34-44(58(4,5)6)35-46(36-45)61-39-62(53-29-18-17-28-52(53)61)56-47(40-20-11-9-12-21-40)25-19-26-48(56)41-22-13-10-14-23-41;/h9-35,38-39H,1-8H3;/q-3;/i9D,10D,11D,12D,13D,14D,15D,16D,17D,18D,20D,21D,22D,23D,24D,27D,28D,29D,30D,31D;. The maximum atomic E-state index is 9.76. The zero-order valence-electron chi connectivity index (χ0n) is 56.3. The minimum absolute atomic E-state index is 0. The summed E-state index contributed by atoms with van der Waals surface area (Å²) in [6.07, 6.45) is 1.60. The molecular formula is C59H53N4Pt-3. The first-order valence-corrected chi connectivity index (χ1v) is 20.4. The number of benzene rings is 7. The van der Waals surface area contributed by atoms with E-state index in [-0.39, 0.29) is 123 Å². The summed E-state index contributed by atoms with van der Waals surface area (Å²) in [7, 11) is 0. The van der Waals surface area contributed by atoms with Crippen LogP contribution in [0, 0.1) is 18.8 Å². The Kier molecular flexibility index (Phi) is 6.49. The molecule has 0 radical (unpaired) electrons. The molecule has 3 heterocycles. The Hall–Kier alpha value is -6.22. The third kappa shape index (κ3) is 7.56. The maximum Gasteiger partial charge on any atom is 0.135 e. The number of anilines is 4. The van der Waals surface area contributed by atoms with Crippen LogP contribution in [-0.4, -0.2) is 9.55 Å². The molecule has 0 atom stereocenters. The third-order valence-corrected chi connectivity index (χ3v) is 11.5. The Balaban J connectivity index is 0.00000846. The van der Waals surface area contributed by atoms with E-state index in [1.807, 2.05) is 59.7 Å². The van der Waals surface area contributed by atoms with Gasteiger partial charge in [-0.1, -0.05) is 170 Å². The van der Waals surface area contributed by atoms with Crippen LogP contribution in [0.25, 0.3) is 49.9 Å². The Morgan fingerprint density at radius 2 is 1.16 bits per heavy atom. The van der Waals surface area contributed by atoms with Gasteiger partial charge in [0.1, 0.15) is 5.82 Å². The zero-order chi connectivity index (χ0) is 61.1. The minimum atomic E-state index is -1.35. The van der Waals surface area contributed by atoms with E-state index in [9.17, 15) is 6.85 Å². The number of rotatable bonds is 7. The van der Waals surface area contributed by atoms with Gasteiger partial charge in [0, 0.05) is 62.3 Å². The van der Waals surface area contributed by atoms with Gasteiger partial charge in [-0.25, -0.2) is 4.98 Å². The summed E-state index contributed by atoms with van der Waals surface area (Å²) in [6, 6.07) is 6.60. The molecule has 1 aliphatic rings. The average Bonchev–Trinajstić information content (AvgIpc) is 2.63. The summed E-state index contributed by atoms with van der Waals surface area (Å²) in [6.45, 7) is 16.8. The predicted molar refractivity (Wildman–Crippen MR) is 265 cm³/mol. The minimum Gasteiger partial charge on any atom is -0.493 e. The summed E-state index contributed by atoms with van der Waals surface area (Å²) < 4.78 is 182. The molecule has 0 saturated carbocycles. The second-order valence-electron chi connectivity index (χ2n) is 18.0. The van der Waals surface area contributed by atoms with Gasteiger partial charge in [-0.15, -0.1) is 23.8 Å². The number of hydrogen-bond donors (Lipinski definition) is 0. The van der Waals surface area contributed by atoms with Gasteiger partial charge in [-0.05, 0) is 70.0 Å². The van der Waals surface area contributed by atoms with Crippen molar-refractivity contribution in [2.24, 2.45) is 0 Å². The molecule has 322 valence electrons. The van der Waals surface area contributed by atoms with E-state index >= 15 is 0 Å². The van der Waals surface area contributed by atoms with Crippen LogP contribution in [0.1, 0.15) is 105 Å².